The Balaban J connectivity index is 1.57. The number of carbonyl (C=O) groups excluding carboxylic acids is 2. The number of nitrogens with zero attached hydrogens (tertiary/aromatic N) is 1. The standard InChI is InChI=1S/C22H18F2N2O3S/c1-14(27)15-7-8-20(19(24)10-15)30-13-21(28)26-12-16-4-3-9-25-22(16)29-18-6-2-5-17(23)11-18/h2-11H,12-13H2,1H3,(H,26,28). The van der Waals surface area contributed by atoms with E-state index in [-0.39, 0.29) is 40.3 Å². The number of nitrogens with one attached hydrogen (secondary N) is 1. The Morgan fingerprint density at radius 1 is 1.10 bits per heavy atom. The third-order valence-electron chi connectivity index (χ3n) is 4.03. The molecule has 30 heavy (non-hydrogen) atoms. The van der Waals surface area contributed by atoms with E-state index in [0.29, 0.717) is 11.3 Å². The molecule has 0 aliphatic heterocycles. The molecule has 154 valence electrons. The van der Waals surface area contributed by atoms with E-state index in [2.05, 4.69) is 10.3 Å². The third kappa shape index (κ3) is 5.87. The van der Waals surface area contributed by atoms with E-state index < -0.39 is 11.6 Å². The number of Topliss-reactive ketones (excluding diaryl/α,β-unsaturated/α-hetero) is 1. The summed E-state index contributed by atoms with van der Waals surface area (Å²) in [6.45, 7) is 1.50. The minimum atomic E-state index is -0.543. The molecule has 5 nitrogen and oxygen atoms in total. The van der Waals surface area contributed by atoms with Crippen LogP contribution < -0.4 is 10.1 Å². The molecule has 0 aliphatic rings. The van der Waals surface area contributed by atoms with Gasteiger partial charge in [0.15, 0.2) is 5.78 Å². The summed E-state index contributed by atoms with van der Waals surface area (Å²) in [7, 11) is 0. The monoisotopic (exact) mass is 428 g/mol. The van der Waals surface area contributed by atoms with Gasteiger partial charge in [-0.15, -0.1) is 11.8 Å². The zero-order valence-electron chi connectivity index (χ0n) is 16.0. The maximum Gasteiger partial charge on any atom is 0.230 e. The van der Waals surface area contributed by atoms with Crippen molar-refractivity contribution in [2.24, 2.45) is 0 Å². The maximum atomic E-state index is 14.0. The topological polar surface area (TPSA) is 68.3 Å². The van der Waals surface area contributed by atoms with E-state index in [4.69, 9.17) is 4.74 Å². The highest BCUT2D eigenvalue weighted by atomic mass is 32.2. The van der Waals surface area contributed by atoms with Gasteiger partial charge in [-0.2, -0.15) is 0 Å². The zero-order valence-corrected chi connectivity index (χ0v) is 16.8. The molecule has 0 saturated carbocycles. The second-order valence-corrected chi connectivity index (χ2v) is 7.31. The average molecular weight is 428 g/mol. The van der Waals surface area contributed by atoms with Gasteiger partial charge < -0.3 is 10.1 Å². The molecule has 1 aromatic heterocycles. The fourth-order valence-electron chi connectivity index (χ4n) is 2.52. The first-order chi connectivity index (χ1) is 14.4. The Hall–Kier alpha value is -3.26. The Labute approximate surface area is 176 Å². The summed E-state index contributed by atoms with van der Waals surface area (Å²) in [6, 6.07) is 13.3. The normalized spacial score (nSPS) is 10.5. The van der Waals surface area contributed by atoms with Crippen LogP contribution >= 0.6 is 11.8 Å². The molecule has 3 rings (SSSR count). The van der Waals surface area contributed by atoms with Gasteiger partial charge in [0.1, 0.15) is 17.4 Å². The Kier molecular flexibility index (Phi) is 7.13. The molecule has 0 bridgehead atoms. The van der Waals surface area contributed by atoms with Gasteiger partial charge in [-0.05, 0) is 37.3 Å². The zero-order chi connectivity index (χ0) is 21.5. The summed E-state index contributed by atoms with van der Waals surface area (Å²) in [6.07, 6.45) is 1.53. The molecule has 1 heterocycles. The Morgan fingerprint density at radius 2 is 1.93 bits per heavy atom. The van der Waals surface area contributed by atoms with Crippen molar-refractivity contribution in [1.29, 1.82) is 0 Å². The van der Waals surface area contributed by atoms with E-state index >= 15 is 0 Å². The lowest BCUT2D eigenvalue weighted by atomic mass is 10.1. The molecular weight excluding hydrogens is 410 g/mol. The first-order valence-electron chi connectivity index (χ1n) is 8.99. The number of thioether (sulfide) groups is 1. The fourth-order valence-corrected chi connectivity index (χ4v) is 3.27. The minimum absolute atomic E-state index is 0.00329. The molecular formula is C22H18F2N2O3S. The van der Waals surface area contributed by atoms with Crippen LogP contribution in [-0.2, 0) is 11.3 Å². The van der Waals surface area contributed by atoms with Crippen LogP contribution in [0.3, 0.4) is 0 Å². The van der Waals surface area contributed by atoms with Crippen molar-refractivity contribution >= 4 is 23.5 Å². The predicted molar refractivity (Wildman–Crippen MR) is 110 cm³/mol. The summed E-state index contributed by atoms with van der Waals surface area (Å²) < 4.78 is 33.0. The van der Waals surface area contributed by atoms with Gasteiger partial charge in [0.05, 0.1) is 5.75 Å². The number of pyridine rings is 1. The lowest BCUT2D eigenvalue weighted by molar-refractivity contribution is -0.118. The van der Waals surface area contributed by atoms with Crippen LogP contribution in [0.5, 0.6) is 11.6 Å². The number of carbonyl (C=O) groups is 2. The van der Waals surface area contributed by atoms with Gasteiger partial charge >= 0.3 is 0 Å². The number of rotatable bonds is 8. The highest BCUT2D eigenvalue weighted by molar-refractivity contribution is 8.00. The van der Waals surface area contributed by atoms with Crippen LogP contribution in [0.4, 0.5) is 8.78 Å². The second kappa shape index (κ2) is 9.98. The molecule has 0 fully saturated rings. The number of ketones is 1. The predicted octanol–water partition coefficient (Wildman–Crippen LogP) is 4.76. The smallest absolute Gasteiger partial charge is 0.230 e. The van der Waals surface area contributed by atoms with Crippen molar-refractivity contribution in [3.8, 4) is 11.6 Å². The fraction of sp³-hybridized carbons (Fsp3) is 0.136. The lowest BCUT2D eigenvalue weighted by Crippen LogP contribution is -2.24. The second-order valence-electron chi connectivity index (χ2n) is 6.29. The quantitative estimate of drug-likeness (QED) is 0.414. The number of hydrogen-bond donors (Lipinski definition) is 1. The molecule has 3 aromatic rings. The maximum absolute atomic E-state index is 14.0. The van der Waals surface area contributed by atoms with Gasteiger partial charge in [0.2, 0.25) is 11.8 Å². The Bertz CT molecular complexity index is 1080. The van der Waals surface area contributed by atoms with Gasteiger partial charge in [-0.1, -0.05) is 18.2 Å². The van der Waals surface area contributed by atoms with E-state index in [1.807, 2.05) is 0 Å². The number of hydrogen-bond acceptors (Lipinski definition) is 5. The average Bonchev–Trinajstić information content (AvgIpc) is 2.72. The summed E-state index contributed by atoms with van der Waals surface area (Å²) in [5.74, 6) is -0.969. The van der Waals surface area contributed by atoms with Gasteiger partial charge in [0.25, 0.3) is 0 Å². The lowest BCUT2D eigenvalue weighted by Gasteiger charge is -2.11. The molecule has 0 unspecified atom stereocenters. The van der Waals surface area contributed by atoms with Crippen molar-refractivity contribution in [2.75, 3.05) is 5.75 Å². The van der Waals surface area contributed by atoms with E-state index in [1.165, 1.54) is 43.5 Å². The SMILES string of the molecule is CC(=O)c1ccc(SCC(=O)NCc2cccnc2Oc2cccc(F)c2)c(F)c1. The number of benzene rings is 2. The van der Waals surface area contributed by atoms with Gasteiger partial charge in [-0.3, -0.25) is 9.59 Å². The largest absolute Gasteiger partial charge is 0.439 e. The number of halogens is 2. The van der Waals surface area contributed by atoms with Crippen molar-refractivity contribution in [3.63, 3.8) is 0 Å². The first-order valence-corrected chi connectivity index (χ1v) is 9.98. The van der Waals surface area contributed by atoms with Gasteiger partial charge in [0, 0.05) is 34.8 Å². The number of aromatic nitrogens is 1. The van der Waals surface area contributed by atoms with Crippen LogP contribution in [0, 0.1) is 11.6 Å². The molecule has 0 spiro atoms. The minimum Gasteiger partial charge on any atom is -0.439 e. The third-order valence-corrected chi connectivity index (χ3v) is 5.08. The molecule has 1 N–H and O–H groups in total. The molecule has 0 saturated heterocycles. The summed E-state index contributed by atoms with van der Waals surface area (Å²) >= 11 is 1.03. The van der Waals surface area contributed by atoms with E-state index in [9.17, 15) is 18.4 Å². The van der Waals surface area contributed by atoms with Crippen molar-refractivity contribution < 1.29 is 23.1 Å². The summed E-state index contributed by atoms with van der Waals surface area (Å²) in [5.41, 5.74) is 0.890. The molecule has 2 aromatic carbocycles. The summed E-state index contributed by atoms with van der Waals surface area (Å²) in [4.78, 5) is 27.9. The van der Waals surface area contributed by atoms with Crippen molar-refractivity contribution in [1.82, 2.24) is 10.3 Å². The molecule has 8 heteroatoms. The highest BCUT2D eigenvalue weighted by Gasteiger charge is 2.11. The van der Waals surface area contributed by atoms with E-state index in [0.717, 1.165) is 17.8 Å². The van der Waals surface area contributed by atoms with Crippen LogP contribution in [0.25, 0.3) is 0 Å². The first kappa shape index (κ1) is 21.4. The molecule has 0 atom stereocenters. The van der Waals surface area contributed by atoms with E-state index in [1.54, 1.807) is 18.2 Å². The molecule has 0 radical (unpaired) electrons. The Morgan fingerprint density at radius 3 is 2.67 bits per heavy atom. The highest BCUT2D eigenvalue weighted by Crippen LogP contribution is 2.24. The van der Waals surface area contributed by atoms with Crippen molar-refractivity contribution in [2.45, 2.75) is 18.4 Å². The summed E-state index contributed by atoms with van der Waals surface area (Å²) in [5, 5.41) is 2.73. The van der Waals surface area contributed by atoms with Crippen LogP contribution in [0.15, 0.2) is 65.7 Å². The van der Waals surface area contributed by atoms with Crippen LogP contribution in [0.1, 0.15) is 22.8 Å². The number of amides is 1. The molecule has 1 amide bonds. The van der Waals surface area contributed by atoms with Crippen LogP contribution in [-0.4, -0.2) is 22.4 Å². The van der Waals surface area contributed by atoms with Crippen molar-refractivity contribution in [3.05, 3.63) is 83.6 Å². The van der Waals surface area contributed by atoms with Gasteiger partial charge in [-0.25, -0.2) is 13.8 Å². The van der Waals surface area contributed by atoms with Crippen LogP contribution in [0.2, 0.25) is 0 Å². The molecule has 0 aliphatic carbocycles. The number of ether oxygens (including phenoxy) is 1.